The third kappa shape index (κ3) is 2.56. The molecule has 0 N–H and O–H groups in total. The molecule has 0 heterocycles. The fraction of sp³-hybridized carbons (Fsp3) is 0.455. The summed E-state index contributed by atoms with van der Waals surface area (Å²) in [6.45, 7) is 4.43. The summed E-state index contributed by atoms with van der Waals surface area (Å²) in [5.41, 5.74) is 3.00. The molecule has 0 aliphatic rings. The van der Waals surface area contributed by atoms with Gasteiger partial charge in [-0.25, -0.2) is 0 Å². The van der Waals surface area contributed by atoms with Crippen molar-refractivity contribution >= 4 is 11.8 Å². The summed E-state index contributed by atoms with van der Waals surface area (Å²) in [4.78, 5) is 0. The van der Waals surface area contributed by atoms with Gasteiger partial charge in [0.2, 0.25) is 0 Å². The molecule has 0 fully saturated rings. The molecule has 0 nitrogen and oxygen atoms in total. The Morgan fingerprint density at radius 2 is 1.75 bits per heavy atom. The summed E-state index contributed by atoms with van der Waals surface area (Å²) in [7, 11) is 0. The standard InChI is InChI=1S/C11H16S/c1-3-10-7-5-6-8-11(10)9-12-4-2/h5-8H,3-4,9H2,1-2H3. The second-order valence-corrected chi connectivity index (χ2v) is 4.03. The highest BCUT2D eigenvalue weighted by Gasteiger charge is 1.97. The minimum absolute atomic E-state index is 1.15. The Morgan fingerprint density at radius 3 is 2.33 bits per heavy atom. The fourth-order valence-electron chi connectivity index (χ4n) is 1.26. The number of rotatable bonds is 4. The Bertz CT molecular complexity index is 230. The Morgan fingerprint density at radius 1 is 1.08 bits per heavy atom. The van der Waals surface area contributed by atoms with Crippen LogP contribution in [0.4, 0.5) is 0 Å². The predicted octanol–water partition coefficient (Wildman–Crippen LogP) is 3.50. The molecule has 0 aliphatic heterocycles. The van der Waals surface area contributed by atoms with Crippen molar-refractivity contribution in [2.75, 3.05) is 5.75 Å². The molecule has 0 bridgehead atoms. The van der Waals surface area contributed by atoms with E-state index >= 15 is 0 Å². The van der Waals surface area contributed by atoms with Crippen molar-refractivity contribution < 1.29 is 0 Å². The smallest absolute Gasteiger partial charge is 0.0187 e. The van der Waals surface area contributed by atoms with Gasteiger partial charge < -0.3 is 0 Å². The van der Waals surface area contributed by atoms with Gasteiger partial charge in [0.25, 0.3) is 0 Å². The first-order valence-electron chi connectivity index (χ1n) is 4.53. The van der Waals surface area contributed by atoms with E-state index < -0.39 is 0 Å². The summed E-state index contributed by atoms with van der Waals surface area (Å²) >= 11 is 1.99. The van der Waals surface area contributed by atoms with Crippen LogP contribution in [0.3, 0.4) is 0 Å². The first-order chi connectivity index (χ1) is 5.88. The lowest BCUT2D eigenvalue weighted by Gasteiger charge is -2.05. The van der Waals surface area contributed by atoms with Gasteiger partial charge in [0.1, 0.15) is 0 Å². The van der Waals surface area contributed by atoms with Crippen molar-refractivity contribution in [3.8, 4) is 0 Å². The SMILES string of the molecule is CCSCc1ccccc1CC. The van der Waals surface area contributed by atoms with E-state index in [0.717, 1.165) is 6.42 Å². The molecule has 1 aromatic carbocycles. The zero-order valence-corrected chi connectivity index (χ0v) is 8.66. The molecule has 1 heteroatoms. The highest BCUT2D eigenvalue weighted by molar-refractivity contribution is 7.98. The van der Waals surface area contributed by atoms with E-state index in [-0.39, 0.29) is 0 Å². The molecule has 0 aliphatic carbocycles. The van der Waals surface area contributed by atoms with Gasteiger partial charge in [-0.1, -0.05) is 38.1 Å². The number of benzene rings is 1. The van der Waals surface area contributed by atoms with Crippen LogP contribution in [0.2, 0.25) is 0 Å². The lowest BCUT2D eigenvalue weighted by Crippen LogP contribution is -1.89. The fourth-order valence-corrected chi connectivity index (χ4v) is 1.96. The van der Waals surface area contributed by atoms with Gasteiger partial charge in [-0.05, 0) is 23.3 Å². The van der Waals surface area contributed by atoms with Crippen LogP contribution in [0.5, 0.6) is 0 Å². The van der Waals surface area contributed by atoms with Gasteiger partial charge in [-0.3, -0.25) is 0 Å². The summed E-state index contributed by atoms with van der Waals surface area (Å²) in [5.74, 6) is 2.37. The molecule has 12 heavy (non-hydrogen) atoms. The van der Waals surface area contributed by atoms with Crippen LogP contribution in [-0.2, 0) is 12.2 Å². The second kappa shape index (κ2) is 5.26. The first-order valence-corrected chi connectivity index (χ1v) is 5.68. The van der Waals surface area contributed by atoms with E-state index in [4.69, 9.17) is 0 Å². The van der Waals surface area contributed by atoms with Gasteiger partial charge in [0, 0.05) is 5.75 Å². The maximum absolute atomic E-state index is 2.24. The van der Waals surface area contributed by atoms with Crippen molar-refractivity contribution in [1.82, 2.24) is 0 Å². The van der Waals surface area contributed by atoms with Gasteiger partial charge in [0.05, 0.1) is 0 Å². The Hall–Kier alpha value is -0.430. The summed E-state index contributed by atoms with van der Waals surface area (Å²) in [6, 6.07) is 8.72. The monoisotopic (exact) mass is 180 g/mol. The zero-order valence-electron chi connectivity index (χ0n) is 7.84. The van der Waals surface area contributed by atoms with Gasteiger partial charge in [-0.2, -0.15) is 11.8 Å². The van der Waals surface area contributed by atoms with Crippen LogP contribution in [0.25, 0.3) is 0 Å². The Kier molecular flexibility index (Phi) is 4.23. The summed E-state index contributed by atoms with van der Waals surface area (Å²) < 4.78 is 0. The lowest BCUT2D eigenvalue weighted by molar-refractivity contribution is 1.10. The molecule has 0 atom stereocenters. The van der Waals surface area contributed by atoms with Crippen LogP contribution in [0, 0.1) is 0 Å². The molecular formula is C11H16S. The van der Waals surface area contributed by atoms with Crippen molar-refractivity contribution in [3.63, 3.8) is 0 Å². The molecule has 1 rings (SSSR count). The van der Waals surface area contributed by atoms with Crippen molar-refractivity contribution in [1.29, 1.82) is 0 Å². The van der Waals surface area contributed by atoms with Crippen LogP contribution in [-0.4, -0.2) is 5.75 Å². The quantitative estimate of drug-likeness (QED) is 0.683. The van der Waals surface area contributed by atoms with E-state index in [1.54, 1.807) is 0 Å². The van der Waals surface area contributed by atoms with Gasteiger partial charge >= 0.3 is 0 Å². The number of hydrogen-bond acceptors (Lipinski definition) is 1. The van der Waals surface area contributed by atoms with Crippen LogP contribution in [0.1, 0.15) is 25.0 Å². The molecule has 1 aromatic rings. The van der Waals surface area contributed by atoms with E-state index in [1.807, 2.05) is 11.8 Å². The maximum Gasteiger partial charge on any atom is 0.0187 e. The van der Waals surface area contributed by atoms with E-state index in [1.165, 1.54) is 22.6 Å². The predicted molar refractivity (Wildman–Crippen MR) is 57.7 cm³/mol. The molecule has 0 amide bonds. The average molecular weight is 180 g/mol. The third-order valence-corrected chi connectivity index (χ3v) is 2.88. The largest absolute Gasteiger partial charge is 0.157 e. The minimum atomic E-state index is 1.15. The topological polar surface area (TPSA) is 0 Å². The number of thioether (sulfide) groups is 1. The maximum atomic E-state index is 2.24. The zero-order chi connectivity index (χ0) is 8.81. The number of hydrogen-bond donors (Lipinski definition) is 0. The third-order valence-electron chi connectivity index (χ3n) is 1.96. The van der Waals surface area contributed by atoms with Crippen molar-refractivity contribution in [2.24, 2.45) is 0 Å². The summed E-state index contributed by atoms with van der Waals surface area (Å²) in [5, 5.41) is 0. The van der Waals surface area contributed by atoms with Crippen molar-refractivity contribution in [2.45, 2.75) is 26.0 Å². The molecule has 0 aromatic heterocycles. The lowest BCUT2D eigenvalue weighted by atomic mass is 10.1. The number of aryl methyl sites for hydroxylation is 1. The van der Waals surface area contributed by atoms with E-state index in [9.17, 15) is 0 Å². The van der Waals surface area contributed by atoms with E-state index in [0.29, 0.717) is 0 Å². The molecule has 0 saturated carbocycles. The van der Waals surface area contributed by atoms with Crippen molar-refractivity contribution in [3.05, 3.63) is 35.4 Å². The van der Waals surface area contributed by atoms with Crippen LogP contribution < -0.4 is 0 Å². The molecule has 66 valence electrons. The molecule has 0 saturated heterocycles. The van der Waals surface area contributed by atoms with E-state index in [2.05, 4.69) is 38.1 Å². The van der Waals surface area contributed by atoms with Crippen LogP contribution in [0.15, 0.2) is 24.3 Å². The molecular weight excluding hydrogens is 164 g/mol. The highest BCUT2D eigenvalue weighted by Crippen LogP contribution is 2.16. The minimum Gasteiger partial charge on any atom is -0.157 e. The first kappa shape index (κ1) is 9.66. The molecule has 0 radical (unpaired) electrons. The average Bonchev–Trinajstić information content (AvgIpc) is 2.15. The van der Waals surface area contributed by atoms with Gasteiger partial charge in [0.15, 0.2) is 0 Å². The molecule has 0 spiro atoms. The molecule has 0 unspecified atom stereocenters. The second-order valence-electron chi connectivity index (χ2n) is 2.76. The summed E-state index contributed by atoms with van der Waals surface area (Å²) in [6.07, 6.45) is 1.15. The Balaban J connectivity index is 2.68. The highest BCUT2D eigenvalue weighted by atomic mass is 32.2. The van der Waals surface area contributed by atoms with Gasteiger partial charge in [-0.15, -0.1) is 0 Å². The van der Waals surface area contributed by atoms with Crippen LogP contribution >= 0.6 is 11.8 Å². The normalized spacial score (nSPS) is 10.2. The Labute approximate surface area is 79.4 Å².